The molecule has 92 valence electrons. The van der Waals surface area contributed by atoms with Gasteiger partial charge >= 0.3 is 0 Å². The van der Waals surface area contributed by atoms with Crippen LogP contribution in [0.1, 0.15) is 18.4 Å². The van der Waals surface area contributed by atoms with E-state index in [0.29, 0.717) is 0 Å². The van der Waals surface area contributed by atoms with Gasteiger partial charge in [0, 0.05) is 10.6 Å². The fraction of sp³-hybridized carbons (Fsp3) is 0.462. The van der Waals surface area contributed by atoms with Crippen molar-refractivity contribution in [1.82, 2.24) is 0 Å². The second-order valence-corrected chi connectivity index (χ2v) is 5.19. The number of hydrogen-bond acceptors (Lipinski definition) is 1. The molecule has 0 aromatic heterocycles. The number of carbonyl (C=O) groups excluding carboxylic acids is 1. The lowest BCUT2D eigenvalue weighted by atomic mass is 9.97. The number of nitrogens with two attached hydrogens (primary N) is 1. The van der Waals surface area contributed by atoms with Crippen LogP contribution in [0.2, 0.25) is 5.02 Å². The fourth-order valence-electron chi connectivity index (χ4n) is 2.49. The third-order valence-electron chi connectivity index (χ3n) is 3.36. The Bertz CT molecular complexity index is 408. The Hall–Kier alpha value is -1.06. The standard InChI is InChI=1S/C13H17ClN2O/c14-12-5-1-3-10(7-12)8-16-6-2-4-11(9-16)13(15)17/h1,3,5,7,11H,2,4,6,8-9H2,(H2,15,17)/p+1/t11-/m0/s1. The quantitative estimate of drug-likeness (QED) is 0.815. The van der Waals surface area contributed by atoms with Crippen LogP contribution in [0, 0.1) is 5.92 Å². The molecule has 17 heavy (non-hydrogen) atoms. The number of hydrogen-bond donors (Lipinski definition) is 2. The molecular weight excluding hydrogens is 236 g/mol. The van der Waals surface area contributed by atoms with Gasteiger partial charge in [0.15, 0.2) is 0 Å². The van der Waals surface area contributed by atoms with Gasteiger partial charge in [0.05, 0.1) is 19.0 Å². The fourth-order valence-corrected chi connectivity index (χ4v) is 2.70. The Morgan fingerprint density at radius 1 is 1.53 bits per heavy atom. The number of primary amides is 1. The van der Waals surface area contributed by atoms with Gasteiger partial charge in [0.25, 0.3) is 0 Å². The summed E-state index contributed by atoms with van der Waals surface area (Å²) in [6, 6.07) is 7.91. The molecular formula is C13H18ClN2O+. The number of nitrogens with one attached hydrogen (secondary N) is 1. The summed E-state index contributed by atoms with van der Waals surface area (Å²) >= 11 is 5.96. The Morgan fingerprint density at radius 3 is 3.06 bits per heavy atom. The molecule has 3 N–H and O–H groups in total. The van der Waals surface area contributed by atoms with E-state index < -0.39 is 0 Å². The summed E-state index contributed by atoms with van der Waals surface area (Å²) in [4.78, 5) is 12.6. The van der Waals surface area contributed by atoms with E-state index in [9.17, 15) is 4.79 Å². The number of rotatable bonds is 3. The molecule has 1 aliphatic heterocycles. The summed E-state index contributed by atoms with van der Waals surface area (Å²) in [6.45, 7) is 2.88. The van der Waals surface area contributed by atoms with Gasteiger partial charge < -0.3 is 10.6 Å². The van der Waals surface area contributed by atoms with E-state index in [1.54, 1.807) is 0 Å². The van der Waals surface area contributed by atoms with Crippen molar-refractivity contribution in [3.63, 3.8) is 0 Å². The smallest absolute Gasteiger partial charge is 0.226 e. The molecule has 1 saturated heterocycles. The van der Waals surface area contributed by atoms with E-state index in [1.165, 1.54) is 10.5 Å². The molecule has 0 spiro atoms. The molecule has 1 unspecified atom stereocenters. The molecule has 0 radical (unpaired) electrons. The van der Waals surface area contributed by atoms with Gasteiger partial charge in [0.1, 0.15) is 6.54 Å². The second kappa shape index (κ2) is 5.52. The second-order valence-electron chi connectivity index (χ2n) is 4.75. The monoisotopic (exact) mass is 253 g/mol. The van der Waals surface area contributed by atoms with E-state index >= 15 is 0 Å². The molecule has 2 atom stereocenters. The lowest BCUT2D eigenvalue weighted by Gasteiger charge is -2.28. The van der Waals surface area contributed by atoms with Crippen LogP contribution < -0.4 is 10.6 Å². The van der Waals surface area contributed by atoms with Crippen LogP contribution in [0.25, 0.3) is 0 Å². The predicted octanol–water partition coefficient (Wildman–Crippen LogP) is 0.620. The number of quaternary nitrogens is 1. The minimum absolute atomic E-state index is 0.0398. The predicted molar refractivity (Wildman–Crippen MR) is 67.8 cm³/mol. The molecule has 4 heteroatoms. The zero-order chi connectivity index (χ0) is 12.3. The highest BCUT2D eigenvalue weighted by Crippen LogP contribution is 2.11. The normalized spacial score (nSPS) is 24.5. The van der Waals surface area contributed by atoms with Crippen molar-refractivity contribution in [3.8, 4) is 0 Å². The van der Waals surface area contributed by atoms with Gasteiger partial charge in [-0.15, -0.1) is 0 Å². The first kappa shape index (κ1) is 12.4. The summed E-state index contributed by atoms with van der Waals surface area (Å²) in [5, 5.41) is 0.769. The molecule has 0 bridgehead atoms. The van der Waals surface area contributed by atoms with E-state index in [1.807, 2.05) is 18.2 Å². The summed E-state index contributed by atoms with van der Waals surface area (Å²) in [7, 11) is 0. The third-order valence-corrected chi connectivity index (χ3v) is 3.60. The van der Waals surface area contributed by atoms with Crippen molar-refractivity contribution in [2.24, 2.45) is 11.7 Å². The largest absolute Gasteiger partial charge is 0.369 e. The highest BCUT2D eigenvalue weighted by Gasteiger charge is 2.26. The van der Waals surface area contributed by atoms with E-state index in [4.69, 9.17) is 17.3 Å². The maximum absolute atomic E-state index is 11.2. The van der Waals surface area contributed by atoms with Crippen LogP contribution in [-0.4, -0.2) is 19.0 Å². The van der Waals surface area contributed by atoms with E-state index in [-0.39, 0.29) is 11.8 Å². The summed E-state index contributed by atoms with van der Waals surface area (Å²) < 4.78 is 0. The zero-order valence-corrected chi connectivity index (χ0v) is 10.5. The minimum Gasteiger partial charge on any atom is -0.369 e. The molecule has 1 heterocycles. The number of piperidine rings is 1. The van der Waals surface area contributed by atoms with Crippen molar-refractivity contribution in [3.05, 3.63) is 34.9 Å². The van der Waals surface area contributed by atoms with Crippen LogP contribution >= 0.6 is 11.6 Å². The van der Waals surface area contributed by atoms with E-state index in [0.717, 1.165) is 37.5 Å². The van der Waals surface area contributed by atoms with Crippen molar-refractivity contribution >= 4 is 17.5 Å². The number of likely N-dealkylation sites (tertiary alicyclic amines) is 1. The average Bonchev–Trinajstić information content (AvgIpc) is 2.29. The van der Waals surface area contributed by atoms with Crippen LogP contribution in [0.15, 0.2) is 24.3 Å². The maximum Gasteiger partial charge on any atom is 0.226 e. The van der Waals surface area contributed by atoms with Crippen LogP contribution in [-0.2, 0) is 11.3 Å². The third kappa shape index (κ3) is 3.45. The van der Waals surface area contributed by atoms with Gasteiger partial charge in [0.2, 0.25) is 5.91 Å². The molecule has 1 fully saturated rings. The van der Waals surface area contributed by atoms with Gasteiger partial charge in [-0.3, -0.25) is 4.79 Å². The average molecular weight is 254 g/mol. The molecule has 1 aliphatic rings. The zero-order valence-electron chi connectivity index (χ0n) is 9.79. The van der Waals surface area contributed by atoms with Gasteiger partial charge in [-0.1, -0.05) is 23.7 Å². The number of carbonyl (C=O) groups is 1. The highest BCUT2D eigenvalue weighted by molar-refractivity contribution is 6.30. The molecule has 0 aliphatic carbocycles. The molecule has 1 aromatic carbocycles. The Labute approximate surface area is 107 Å². The Morgan fingerprint density at radius 2 is 2.35 bits per heavy atom. The molecule has 2 rings (SSSR count). The van der Waals surface area contributed by atoms with Crippen molar-refractivity contribution in [2.75, 3.05) is 13.1 Å². The summed E-state index contributed by atoms with van der Waals surface area (Å²) in [5.41, 5.74) is 6.59. The lowest BCUT2D eigenvalue weighted by Crippen LogP contribution is -3.12. The number of amides is 1. The first-order valence-corrected chi connectivity index (χ1v) is 6.40. The van der Waals surface area contributed by atoms with Crippen molar-refractivity contribution < 1.29 is 9.69 Å². The summed E-state index contributed by atoms with van der Waals surface area (Å²) in [6.07, 6.45) is 2.01. The SMILES string of the molecule is NC(=O)[C@H]1CCC[NH+](Cc2cccc(Cl)c2)C1. The topological polar surface area (TPSA) is 47.5 Å². The van der Waals surface area contributed by atoms with E-state index in [2.05, 4.69) is 6.07 Å². The van der Waals surface area contributed by atoms with Crippen molar-refractivity contribution in [1.29, 1.82) is 0 Å². The molecule has 0 saturated carbocycles. The number of benzene rings is 1. The molecule has 1 aromatic rings. The Kier molecular flexibility index (Phi) is 4.02. The van der Waals surface area contributed by atoms with Crippen molar-refractivity contribution in [2.45, 2.75) is 19.4 Å². The highest BCUT2D eigenvalue weighted by atomic mass is 35.5. The van der Waals surface area contributed by atoms with Gasteiger partial charge in [-0.2, -0.15) is 0 Å². The lowest BCUT2D eigenvalue weighted by molar-refractivity contribution is -0.921. The van der Waals surface area contributed by atoms with Crippen LogP contribution in [0.4, 0.5) is 0 Å². The van der Waals surface area contributed by atoms with Crippen LogP contribution in [0.3, 0.4) is 0 Å². The number of halogens is 1. The first-order chi connectivity index (χ1) is 8.15. The molecule has 1 amide bonds. The maximum atomic E-state index is 11.2. The first-order valence-electron chi connectivity index (χ1n) is 6.02. The minimum atomic E-state index is -0.159. The van der Waals surface area contributed by atoms with Crippen LogP contribution in [0.5, 0.6) is 0 Å². The van der Waals surface area contributed by atoms with Gasteiger partial charge in [-0.25, -0.2) is 0 Å². The van der Waals surface area contributed by atoms with Gasteiger partial charge in [-0.05, 0) is 25.0 Å². The summed E-state index contributed by atoms with van der Waals surface area (Å²) in [5.74, 6) is -0.119. The molecule has 3 nitrogen and oxygen atoms in total. The Balaban J connectivity index is 1.97.